The summed E-state index contributed by atoms with van der Waals surface area (Å²) in [5, 5.41) is 9.93. The number of carbonyl (C=O) groups is 2. The average Bonchev–Trinajstić information content (AvgIpc) is 2.80. The molecule has 0 aliphatic carbocycles. The van der Waals surface area contributed by atoms with E-state index in [0.717, 1.165) is 5.39 Å². The predicted octanol–water partition coefficient (Wildman–Crippen LogP) is 2.85. The number of carboxylic acids is 1. The van der Waals surface area contributed by atoms with Crippen molar-refractivity contribution >= 4 is 28.5 Å². The second kappa shape index (κ2) is 5.61. The van der Waals surface area contributed by atoms with E-state index in [1.165, 1.54) is 0 Å². The summed E-state index contributed by atoms with van der Waals surface area (Å²) >= 11 is 0. The highest BCUT2D eigenvalue weighted by Crippen LogP contribution is 2.27. The molecule has 23 heavy (non-hydrogen) atoms. The molecule has 0 radical (unpaired) electrons. The van der Waals surface area contributed by atoms with Gasteiger partial charge in [-0.1, -0.05) is 18.2 Å². The Morgan fingerprint density at radius 2 is 1.74 bits per heavy atom. The number of hydrogen-bond acceptors (Lipinski definition) is 3. The normalized spacial score (nSPS) is 10.8. The molecule has 0 spiro atoms. The van der Waals surface area contributed by atoms with Crippen LogP contribution in [0.2, 0.25) is 0 Å². The highest BCUT2D eigenvalue weighted by Gasteiger charge is 2.20. The topological polar surface area (TPSA) is 85.3 Å². The van der Waals surface area contributed by atoms with Gasteiger partial charge in [-0.25, -0.2) is 0 Å². The third-order valence-electron chi connectivity index (χ3n) is 3.93. The summed E-state index contributed by atoms with van der Waals surface area (Å²) in [6.07, 6.45) is -0.117. The molecule has 116 valence electrons. The summed E-state index contributed by atoms with van der Waals surface area (Å²) < 4.78 is 1.57. The van der Waals surface area contributed by atoms with Crippen molar-refractivity contribution in [3.63, 3.8) is 0 Å². The summed E-state index contributed by atoms with van der Waals surface area (Å²) in [5.41, 5.74) is 8.77. The van der Waals surface area contributed by atoms with Crippen molar-refractivity contribution in [1.82, 2.24) is 4.57 Å². The number of carbonyl (C=O) groups excluding carboxylic acids is 1. The van der Waals surface area contributed by atoms with Crippen LogP contribution in [0.4, 0.5) is 5.69 Å². The maximum Gasteiger partial charge on any atom is 0.307 e. The molecule has 0 saturated heterocycles. The Labute approximate surface area is 133 Å². The molecule has 0 aliphatic rings. The number of aromatic nitrogens is 1. The first-order valence-electron chi connectivity index (χ1n) is 7.20. The van der Waals surface area contributed by atoms with Gasteiger partial charge in [-0.2, -0.15) is 0 Å². The minimum atomic E-state index is -0.920. The maximum absolute atomic E-state index is 12.9. The molecule has 2 aromatic carbocycles. The molecule has 0 saturated carbocycles. The van der Waals surface area contributed by atoms with E-state index in [-0.39, 0.29) is 12.3 Å². The summed E-state index contributed by atoms with van der Waals surface area (Å²) in [5.74, 6) is -1.12. The van der Waals surface area contributed by atoms with Crippen molar-refractivity contribution in [3.8, 4) is 0 Å². The van der Waals surface area contributed by atoms with E-state index in [1.54, 1.807) is 35.8 Å². The summed E-state index contributed by atoms with van der Waals surface area (Å²) in [4.78, 5) is 24.0. The first-order valence-corrected chi connectivity index (χ1v) is 7.20. The number of para-hydroxylation sites is 1. The van der Waals surface area contributed by atoms with Crippen molar-refractivity contribution in [1.29, 1.82) is 0 Å². The van der Waals surface area contributed by atoms with Gasteiger partial charge >= 0.3 is 5.97 Å². The van der Waals surface area contributed by atoms with Crippen molar-refractivity contribution in [2.24, 2.45) is 0 Å². The van der Waals surface area contributed by atoms with Crippen LogP contribution in [0.1, 0.15) is 21.6 Å². The van der Waals surface area contributed by atoms with Crippen LogP contribution in [0, 0.1) is 6.92 Å². The van der Waals surface area contributed by atoms with Gasteiger partial charge in [0.25, 0.3) is 5.91 Å². The molecule has 0 amide bonds. The van der Waals surface area contributed by atoms with E-state index >= 15 is 0 Å². The van der Waals surface area contributed by atoms with Gasteiger partial charge in [0.15, 0.2) is 0 Å². The van der Waals surface area contributed by atoms with Crippen LogP contribution in [-0.4, -0.2) is 21.6 Å². The van der Waals surface area contributed by atoms with Gasteiger partial charge in [-0.3, -0.25) is 14.2 Å². The van der Waals surface area contributed by atoms with Crippen molar-refractivity contribution in [3.05, 3.63) is 65.4 Å². The van der Waals surface area contributed by atoms with Crippen molar-refractivity contribution in [2.45, 2.75) is 13.3 Å². The summed E-state index contributed by atoms with van der Waals surface area (Å²) in [7, 11) is 0. The van der Waals surface area contributed by atoms with Crippen LogP contribution >= 0.6 is 0 Å². The van der Waals surface area contributed by atoms with Crippen LogP contribution < -0.4 is 5.73 Å². The molecule has 0 unspecified atom stereocenters. The highest BCUT2D eigenvalue weighted by molar-refractivity contribution is 6.04. The molecule has 3 N–H and O–H groups in total. The molecule has 0 aliphatic heterocycles. The molecule has 1 heterocycles. The number of carboxylic acid groups (broad SMARTS) is 1. The molecular formula is C18H16N2O3. The molecule has 0 atom stereocenters. The number of rotatable bonds is 3. The Hall–Kier alpha value is -3.08. The minimum absolute atomic E-state index is 0.117. The lowest BCUT2D eigenvalue weighted by Crippen LogP contribution is -2.14. The van der Waals surface area contributed by atoms with Crippen molar-refractivity contribution in [2.75, 3.05) is 5.73 Å². The molecule has 0 fully saturated rings. The number of hydrogen-bond donors (Lipinski definition) is 2. The maximum atomic E-state index is 12.9. The lowest BCUT2D eigenvalue weighted by atomic mass is 10.1. The van der Waals surface area contributed by atoms with E-state index in [9.17, 15) is 9.59 Å². The van der Waals surface area contributed by atoms with Crippen LogP contribution in [-0.2, 0) is 11.2 Å². The Balaban J connectivity index is 2.21. The smallest absolute Gasteiger partial charge is 0.307 e. The fourth-order valence-corrected chi connectivity index (χ4v) is 2.83. The number of aliphatic carboxylic acids is 1. The fraction of sp³-hybridized carbons (Fsp3) is 0.111. The lowest BCUT2D eigenvalue weighted by Gasteiger charge is -2.07. The zero-order valence-corrected chi connectivity index (χ0v) is 12.6. The van der Waals surface area contributed by atoms with Crippen LogP contribution in [0.15, 0.2) is 48.5 Å². The van der Waals surface area contributed by atoms with Gasteiger partial charge in [0, 0.05) is 22.3 Å². The number of nitrogens with two attached hydrogens (primary N) is 1. The molecule has 1 aromatic heterocycles. The Bertz CT molecular complexity index is 908. The molecule has 3 rings (SSSR count). The number of benzene rings is 2. The SMILES string of the molecule is Cc1c(CC(=O)O)c2ccccc2n1C(=O)c1ccc(N)cc1. The fourth-order valence-electron chi connectivity index (χ4n) is 2.83. The monoisotopic (exact) mass is 308 g/mol. The van der Waals surface area contributed by atoms with E-state index < -0.39 is 5.97 Å². The molecule has 0 bridgehead atoms. The first kappa shape index (κ1) is 14.8. The Morgan fingerprint density at radius 3 is 2.39 bits per heavy atom. The van der Waals surface area contributed by atoms with E-state index in [0.29, 0.717) is 28.0 Å². The van der Waals surface area contributed by atoms with Crippen LogP contribution in [0.5, 0.6) is 0 Å². The van der Waals surface area contributed by atoms with Crippen LogP contribution in [0.25, 0.3) is 10.9 Å². The highest BCUT2D eigenvalue weighted by atomic mass is 16.4. The zero-order chi connectivity index (χ0) is 16.6. The van der Waals surface area contributed by atoms with E-state index in [4.69, 9.17) is 10.8 Å². The Kier molecular flexibility index (Phi) is 3.62. The lowest BCUT2D eigenvalue weighted by molar-refractivity contribution is -0.136. The van der Waals surface area contributed by atoms with E-state index in [2.05, 4.69) is 0 Å². The second-order valence-corrected chi connectivity index (χ2v) is 5.41. The number of fused-ring (bicyclic) bond motifs is 1. The first-order chi connectivity index (χ1) is 11.0. The van der Waals surface area contributed by atoms with E-state index in [1.807, 2.05) is 24.3 Å². The second-order valence-electron chi connectivity index (χ2n) is 5.41. The standard InChI is InChI=1S/C18H16N2O3/c1-11-15(10-17(21)22)14-4-2-3-5-16(14)20(11)18(23)12-6-8-13(19)9-7-12/h2-9H,10,19H2,1H3,(H,21,22). The minimum Gasteiger partial charge on any atom is -0.481 e. The average molecular weight is 308 g/mol. The number of nitrogen functional groups attached to an aromatic ring is 1. The number of nitrogens with zero attached hydrogens (tertiary/aromatic N) is 1. The Morgan fingerprint density at radius 1 is 1.09 bits per heavy atom. The summed E-state index contributed by atoms with van der Waals surface area (Å²) in [6.45, 7) is 1.77. The van der Waals surface area contributed by atoms with Gasteiger partial charge < -0.3 is 10.8 Å². The van der Waals surface area contributed by atoms with Crippen LogP contribution in [0.3, 0.4) is 0 Å². The predicted molar refractivity (Wildman–Crippen MR) is 88.6 cm³/mol. The van der Waals surface area contributed by atoms with Gasteiger partial charge in [-0.05, 0) is 42.8 Å². The van der Waals surface area contributed by atoms with Gasteiger partial charge in [0.2, 0.25) is 0 Å². The molecule has 3 aromatic rings. The third kappa shape index (κ3) is 2.57. The molecule has 5 heteroatoms. The quantitative estimate of drug-likeness (QED) is 0.729. The molecule has 5 nitrogen and oxygen atoms in total. The largest absolute Gasteiger partial charge is 0.481 e. The third-order valence-corrected chi connectivity index (χ3v) is 3.93. The summed E-state index contributed by atoms with van der Waals surface area (Å²) in [6, 6.07) is 14.0. The zero-order valence-electron chi connectivity index (χ0n) is 12.6. The van der Waals surface area contributed by atoms with Gasteiger partial charge in [0.05, 0.1) is 11.9 Å². The van der Waals surface area contributed by atoms with Gasteiger partial charge in [-0.15, -0.1) is 0 Å². The van der Waals surface area contributed by atoms with Crippen molar-refractivity contribution < 1.29 is 14.7 Å². The molecular weight excluding hydrogens is 292 g/mol. The van der Waals surface area contributed by atoms with Gasteiger partial charge in [0.1, 0.15) is 0 Å². The number of anilines is 1.